The molecule has 1 unspecified atom stereocenters. The van der Waals surface area contributed by atoms with E-state index in [4.69, 9.17) is 5.73 Å². The summed E-state index contributed by atoms with van der Waals surface area (Å²) in [5, 5.41) is 0. The molecule has 1 atom stereocenters. The Kier molecular flexibility index (Phi) is 7.52. The van der Waals surface area contributed by atoms with Gasteiger partial charge < -0.3 is 15.5 Å². The summed E-state index contributed by atoms with van der Waals surface area (Å²) >= 11 is 0. The highest BCUT2D eigenvalue weighted by molar-refractivity contribution is 5.98. The standard InChI is InChI=1S/C17H25N3O2.ClH/c1-3-19(4-2)17(22)15-6-5-11-20(15)16(21)14-9-7-13(12-18)8-10-14;/h7-10,15H,3-6,11-12,18H2,1-2H3;1H. The number of nitrogens with zero attached hydrogens (tertiary/aromatic N) is 2. The van der Waals surface area contributed by atoms with E-state index < -0.39 is 0 Å². The van der Waals surface area contributed by atoms with E-state index >= 15 is 0 Å². The molecule has 1 aromatic rings. The summed E-state index contributed by atoms with van der Waals surface area (Å²) in [4.78, 5) is 28.8. The summed E-state index contributed by atoms with van der Waals surface area (Å²) in [6.45, 7) is 6.40. The van der Waals surface area contributed by atoms with Gasteiger partial charge in [-0.1, -0.05) is 12.1 Å². The minimum atomic E-state index is -0.318. The zero-order chi connectivity index (χ0) is 16.1. The Hall–Kier alpha value is -1.59. The van der Waals surface area contributed by atoms with E-state index in [9.17, 15) is 9.59 Å². The Balaban J connectivity index is 0.00000264. The van der Waals surface area contributed by atoms with E-state index in [0.717, 1.165) is 18.4 Å². The number of carbonyl (C=O) groups is 2. The molecule has 0 saturated carbocycles. The number of hydrogen-bond acceptors (Lipinski definition) is 3. The monoisotopic (exact) mass is 339 g/mol. The van der Waals surface area contributed by atoms with Crippen LogP contribution in [0.4, 0.5) is 0 Å². The molecule has 23 heavy (non-hydrogen) atoms. The van der Waals surface area contributed by atoms with Gasteiger partial charge in [-0.2, -0.15) is 0 Å². The van der Waals surface area contributed by atoms with Crippen molar-refractivity contribution in [2.24, 2.45) is 5.73 Å². The van der Waals surface area contributed by atoms with Crippen molar-refractivity contribution in [3.8, 4) is 0 Å². The van der Waals surface area contributed by atoms with Crippen LogP contribution in [-0.4, -0.2) is 47.3 Å². The van der Waals surface area contributed by atoms with Gasteiger partial charge in [-0.3, -0.25) is 9.59 Å². The molecule has 2 N–H and O–H groups in total. The summed E-state index contributed by atoms with van der Waals surface area (Å²) < 4.78 is 0. The van der Waals surface area contributed by atoms with Gasteiger partial charge in [0.2, 0.25) is 5.91 Å². The number of likely N-dealkylation sites (tertiary alicyclic amines) is 1. The van der Waals surface area contributed by atoms with Crippen LogP contribution in [0.3, 0.4) is 0 Å². The molecular formula is C17H26ClN3O2. The van der Waals surface area contributed by atoms with Gasteiger partial charge in [0.15, 0.2) is 0 Å². The first kappa shape index (κ1) is 19.5. The van der Waals surface area contributed by atoms with Crippen LogP contribution in [0.2, 0.25) is 0 Å². The van der Waals surface area contributed by atoms with Gasteiger partial charge in [-0.15, -0.1) is 12.4 Å². The Morgan fingerprint density at radius 2 is 1.83 bits per heavy atom. The van der Waals surface area contributed by atoms with E-state index in [-0.39, 0.29) is 30.3 Å². The van der Waals surface area contributed by atoms with Crippen molar-refractivity contribution >= 4 is 24.2 Å². The van der Waals surface area contributed by atoms with Crippen molar-refractivity contribution in [3.63, 3.8) is 0 Å². The highest BCUT2D eigenvalue weighted by atomic mass is 35.5. The number of carbonyl (C=O) groups excluding carboxylic acids is 2. The third-order valence-corrected chi connectivity index (χ3v) is 4.31. The summed E-state index contributed by atoms with van der Waals surface area (Å²) in [6.07, 6.45) is 1.63. The fraction of sp³-hybridized carbons (Fsp3) is 0.529. The fourth-order valence-electron chi connectivity index (χ4n) is 2.96. The van der Waals surface area contributed by atoms with Crippen LogP contribution in [0, 0.1) is 0 Å². The smallest absolute Gasteiger partial charge is 0.254 e. The van der Waals surface area contributed by atoms with Crippen LogP contribution in [0.1, 0.15) is 42.6 Å². The zero-order valence-corrected chi connectivity index (χ0v) is 14.6. The molecular weight excluding hydrogens is 314 g/mol. The third kappa shape index (κ3) is 4.24. The molecule has 5 nitrogen and oxygen atoms in total. The minimum Gasteiger partial charge on any atom is -0.341 e. The Labute approximate surface area is 144 Å². The molecule has 1 aliphatic heterocycles. The maximum atomic E-state index is 12.7. The predicted octanol–water partition coefficient (Wildman–Crippen LogP) is 2.04. The van der Waals surface area contributed by atoms with Gasteiger partial charge in [-0.25, -0.2) is 0 Å². The molecule has 6 heteroatoms. The zero-order valence-electron chi connectivity index (χ0n) is 13.8. The first-order valence-corrected chi connectivity index (χ1v) is 8.01. The SMILES string of the molecule is CCN(CC)C(=O)C1CCCN1C(=O)c1ccc(CN)cc1.Cl. The van der Waals surface area contributed by atoms with Gasteiger partial charge in [0.25, 0.3) is 5.91 Å². The van der Waals surface area contributed by atoms with Crippen LogP contribution >= 0.6 is 12.4 Å². The second-order valence-corrected chi connectivity index (χ2v) is 5.57. The molecule has 1 saturated heterocycles. The van der Waals surface area contributed by atoms with Crippen molar-refractivity contribution in [1.82, 2.24) is 9.80 Å². The summed E-state index contributed by atoms with van der Waals surface area (Å²) in [5.41, 5.74) is 7.19. The van der Waals surface area contributed by atoms with Crippen molar-refractivity contribution in [3.05, 3.63) is 35.4 Å². The lowest BCUT2D eigenvalue weighted by atomic mass is 10.1. The number of benzene rings is 1. The minimum absolute atomic E-state index is 0. The lowest BCUT2D eigenvalue weighted by Crippen LogP contribution is -2.47. The molecule has 2 rings (SSSR count). The number of nitrogens with two attached hydrogens (primary N) is 1. The molecule has 128 valence electrons. The van der Waals surface area contributed by atoms with E-state index in [1.165, 1.54) is 0 Å². The third-order valence-electron chi connectivity index (χ3n) is 4.31. The lowest BCUT2D eigenvalue weighted by molar-refractivity contribution is -0.134. The van der Waals surface area contributed by atoms with Crippen LogP contribution in [0.15, 0.2) is 24.3 Å². The quantitative estimate of drug-likeness (QED) is 0.892. The summed E-state index contributed by atoms with van der Waals surface area (Å²) in [5.74, 6) is 0.000931. The molecule has 0 spiro atoms. The number of halogens is 1. The molecule has 1 aromatic carbocycles. The van der Waals surface area contributed by atoms with Crippen molar-refractivity contribution in [1.29, 1.82) is 0 Å². The molecule has 0 bridgehead atoms. The number of likely N-dealkylation sites (N-methyl/N-ethyl adjacent to an activating group) is 1. The van der Waals surface area contributed by atoms with Crippen LogP contribution in [0.25, 0.3) is 0 Å². The fourth-order valence-corrected chi connectivity index (χ4v) is 2.96. The van der Waals surface area contributed by atoms with Crippen molar-refractivity contribution in [2.75, 3.05) is 19.6 Å². The molecule has 1 heterocycles. The molecule has 2 amide bonds. The van der Waals surface area contributed by atoms with Gasteiger partial charge in [0.1, 0.15) is 6.04 Å². The second-order valence-electron chi connectivity index (χ2n) is 5.57. The maximum absolute atomic E-state index is 12.7. The molecule has 1 aliphatic rings. The first-order chi connectivity index (χ1) is 10.6. The Bertz CT molecular complexity index is 529. The lowest BCUT2D eigenvalue weighted by Gasteiger charge is -2.29. The average molecular weight is 340 g/mol. The average Bonchev–Trinajstić information content (AvgIpc) is 3.04. The van der Waals surface area contributed by atoms with Gasteiger partial charge >= 0.3 is 0 Å². The van der Waals surface area contributed by atoms with Crippen molar-refractivity contribution < 1.29 is 9.59 Å². The second kappa shape index (κ2) is 8.89. The van der Waals surface area contributed by atoms with Gasteiger partial charge in [0, 0.05) is 31.7 Å². The topological polar surface area (TPSA) is 66.6 Å². The number of amides is 2. The maximum Gasteiger partial charge on any atom is 0.254 e. The number of hydrogen-bond donors (Lipinski definition) is 1. The highest BCUT2D eigenvalue weighted by Crippen LogP contribution is 2.22. The first-order valence-electron chi connectivity index (χ1n) is 8.01. The van der Waals surface area contributed by atoms with E-state index in [0.29, 0.717) is 31.7 Å². The molecule has 1 fully saturated rings. The van der Waals surface area contributed by atoms with Crippen LogP contribution < -0.4 is 5.73 Å². The predicted molar refractivity (Wildman–Crippen MR) is 93.6 cm³/mol. The summed E-state index contributed by atoms with van der Waals surface area (Å²) in [7, 11) is 0. The van der Waals surface area contributed by atoms with E-state index in [1.54, 1.807) is 21.9 Å². The Morgan fingerprint density at radius 1 is 1.22 bits per heavy atom. The normalized spacial score (nSPS) is 16.8. The van der Waals surface area contributed by atoms with Crippen LogP contribution in [-0.2, 0) is 11.3 Å². The number of rotatable bonds is 5. The van der Waals surface area contributed by atoms with Crippen molar-refractivity contribution in [2.45, 2.75) is 39.3 Å². The van der Waals surface area contributed by atoms with Gasteiger partial charge in [0.05, 0.1) is 0 Å². The molecule has 0 radical (unpaired) electrons. The largest absolute Gasteiger partial charge is 0.341 e. The Morgan fingerprint density at radius 3 is 2.35 bits per heavy atom. The molecule has 0 aromatic heterocycles. The van der Waals surface area contributed by atoms with E-state index in [1.807, 2.05) is 26.0 Å². The molecule has 0 aliphatic carbocycles. The highest BCUT2D eigenvalue weighted by Gasteiger charge is 2.36. The van der Waals surface area contributed by atoms with Crippen LogP contribution in [0.5, 0.6) is 0 Å². The summed E-state index contributed by atoms with van der Waals surface area (Å²) in [6, 6.07) is 7.00. The van der Waals surface area contributed by atoms with E-state index in [2.05, 4.69) is 0 Å². The van der Waals surface area contributed by atoms with Gasteiger partial charge in [-0.05, 0) is 44.4 Å².